The van der Waals surface area contributed by atoms with Crippen LogP contribution in [0.25, 0.3) is 0 Å². The molecule has 23 heavy (non-hydrogen) atoms. The summed E-state index contributed by atoms with van der Waals surface area (Å²) in [7, 11) is -3.84. The highest BCUT2D eigenvalue weighted by Gasteiger charge is 2.37. The van der Waals surface area contributed by atoms with Crippen LogP contribution in [-0.4, -0.2) is 14.2 Å². The fraction of sp³-hybridized carbons (Fsp3) is 0.357. The second-order valence-corrected chi connectivity index (χ2v) is 6.89. The number of ketones is 1. The van der Waals surface area contributed by atoms with Crippen LogP contribution in [0, 0.1) is 0 Å². The Morgan fingerprint density at radius 2 is 1.74 bits per heavy atom. The van der Waals surface area contributed by atoms with E-state index >= 15 is 0 Å². The Kier molecular flexibility index (Phi) is 3.72. The topological polar surface area (TPSA) is 75.3 Å². The minimum atomic E-state index is -4.47. The highest BCUT2D eigenvalue weighted by molar-refractivity contribution is 7.87. The van der Waals surface area contributed by atoms with Gasteiger partial charge in [0.05, 0.1) is 11.6 Å². The van der Waals surface area contributed by atoms with Crippen molar-refractivity contribution in [2.24, 2.45) is 0 Å². The van der Waals surface area contributed by atoms with Crippen molar-refractivity contribution < 1.29 is 26.4 Å². The molecule has 5 nitrogen and oxygen atoms in total. The number of rotatable bonds is 1. The van der Waals surface area contributed by atoms with Crippen molar-refractivity contribution in [3.8, 4) is 0 Å². The smallest absolute Gasteiger partial charge is 0.294 e. The first-order valence-electron chi connectivity index (χ1n) is 6.91. The molecule has 124 valence electrons. The number of carbonyl (C=O) groups excluding carboxylic acids is 1. The van der Waals surface area contributed by atoms with E-state index in [-0.39, 0.29) is 11.4 Å². The summed E-state index contributed by atoms with van der Waals surface area (Å²) in [6.45, 7) is 0. The summed E-state index contributed by atoms with van der Waals surface area (Å²) in [5.41, 5.74) is 0.0729. The van der Waals surface area contributed by atoms with Gasteiger partial charge in [-0.25, -0.2) is 0 Å². The molecule has 0 aromatic heterocycles. The van der Waals surface area contributed by atoms with Gasteiger partial charge in [0.2, 0.25) is 0 Å². The van der Waals surface area contributed by atoms with E-state index in [0.717, 1.165) is 12.1 Å². The second kappa shape index (κ2) is 5.34. The lowest BCUT2D eigenvalue weighted by Crippen LogP contribution is -2.47. The minimum Gasteiger partial charge on any atom is -0.294 e. The van der Waals surface area contributed by atoms with Gasteiger partial charge in [-0.1, -0.05) is 12.1 Å². The van der Waals surface area contributed by atoms with Gasteiger partial charge >= 0.3 is 6.18 Å². The number of benzene rings is 1. The molecule has 2 N–H and O–H groups in total. The van der Waals surface area contributed by atoms with E-state index in [0.29, 0.717) is 30.5 Å². The van der Waals surface area contributed by atoms with Gasteiger partial charge < -0.3 is 0 Å². The molecule has 0 bridgehead atoms. The van der Waals surface area contributed by atoms with Crippen LogP contribution in [0.2, 0.25) is 0 Å². The third kappa shape index (κ3) is 3.11. The molecular formula is C14H13F3N2O3S. The third-order valence-corrected chi connectivity index (χ3v) is 4.91. The first kappa shape index (κ1) is 16.0. The Bertz CT molecular complexity index is 782. The molecule has 9 heteroatoms. The molecule has 0 radical (unpaired) electrons. The number of nitrogens with one attached hydrogen (secondary N) is 2. The largest absolute Gasteiger partial charge is 0.416 e. The Morgan fingerprint density at radius 1 is 1.09 bits per heavy atom. The van der Waals surface area contributed by atoms with Crippen LogP contribution in [0.5, 0.6) is 0 Å². The van der Waals surface area contributed by atoms with E-state index in [2.05, 4.69) is 9.44 Å². The van der Waals surface area contributed by atoms with Gasteiger partial charge in [-0.2, -0.15) is 26.3 Å². The van der Waals surface area contributed by atoms with Crippen molar-refractivity contribution in [1.82, 2.24) is 9.44 Å². The first-order chi connectivity index (χ1) is 10.7. The SMILES string of the molecule is O=C1CCCC2=C1C(c1ccc(C(F)(F)F)cc1)NS(=O)(=O)N2. The highest BCUT2D eigenvalue weighted by Crippen LogP contribution is 2.36. The molecule has 1 aliphatic carbocycles. The Hall–Kier alpha value is -1.87. The Morgan fingerprint density at radius 3 is 2.35 bits per heavy atom. The average molecular weight is 346 g/mol. The van der Waals surface area contributed by atoms with Crippen molar-refractivity contribution in [2.75, 3.05) is 0 Å². The second-order valence-electron chi connectivity index (χ2n) is 5.45. The molecule has 0 saturated heterocycles. The number of alkyl halides is 3. The number of Topliss-reactive ketones (excluding diaryl/α,β-unsaturated/α-hetero) is 1. The summed E-state index contributed by atoms with van der Waals surface area (Å²) in [4.78, 5) is 12.1. The van der Waals surface area contributed by atoms with E-state index in [1.807, 2.05) is 0 Å². The molecule has 0 fully saturated rings. The Balaban J connectivity index is 2.04. The summed E-state index contributed by atoms with van der Waals surface area (Å²) in [6.07, 6.45) is -3.23. The van der Waals surface area contributed by atoms with Gasteiger partial charge in [0, 0.05) is 17.7 Å². The molecular weight excluding hydrogens is 333 g/mol. The van der Waals surface area contributed by atoms with E-state index < -0.39 is 28.0 Å². The third-order valence-electron chi connectivity index (χ3n) is 3.85. The van der Waals surface area contributed by atoms with Gasteiger partial charge in [-0.3, -0.25) is 9.52 Å². The average Bonchev–Trinajstić information content (AvgIpc) is 2.44. The molecule has 1 aromatic rings. The molecule has 1 unspecified atom stereocenters. The fourth-order valence-corrected chi connectivity index (χ4v) is 3.97. The molecule has 1 aromatic carbocycles. The van der Waals surface area contributed by atoms with Crippen LogP contribution in [0.1, 0.15) is 36.4 Å². The number of carbonyl (C=O) groups is 1. The number of halogens is 3. The van der Waals surface area contributed by atoms with Crippen molar-refractivity contribution >= 4 is 16.0 Å². The molecule has 3 rings (SSSR count). The van der Waals surface area contributed by atoms with E-state index in [1.165, 1.54) is 12.1 Å². The van der Waals surface area contributed by atoms with Gasteiger partial charge in [-0.15, -0.1) is 0 Å². The first-order valence-corrected chi connectivity index (χ1v) is 8.39. The lowest BCUT2D eigenvalue weighted by molar-refractivity contribution is -0.137. The van der Waals surface area contributed by atoms with Crippen molar-refractivity contribution in [1.29, 1.82) is 0 Å². The lowest BCUT2D eigenvalue weighted by atomic mass is 9.87. The summed E-state index contributed by atoms with van der Waals surface area (Å²) >= 11 is 0. The van der Waals surface area contributed by atoms with Gasteiger partial charge in [0.1, 0.15) is 0 Å². The predicted octanol–water partition coefficient (Wildman–Crippen LogP) is 2.19. The number of hydrogen-bond donors (Lipinski definition) is 2. The summed E-state index contributed by atoms with van der Waals surface area (Å²) < 4.78 is 66.2. The number of hydrogen-bond acceptors (Lipinski definition) is 3. The zero-order valence-corrected chi connectivity index (χ0v) is 12.6. The summed E-state index contributed by atoms with van der Waals surface area (Å²) in [6, 6.07) is 3.16. The standard InChI is InChI=1S/C14H13F3N2O3S/c15-14(16,17)9-6-4-8(5-7-9)13-12-10(2-1-3-11(12)20)18-23(21,22)19-13/h4-7,13,18-19H,1-3H2. The fourth-order valence-electron chi connectivity index (χ4n) is 2.81. The molecule has 1 aliphatic heterocycles. The van der Waals surface area contributed by atoms with Gasteiger partial charge in [-0.05, 0) is 30.5 Å². The van der Waals surface area contributed by atoms with E-state index in [1.54, 1.807) is 0 Å². The van der Waals surface area contributed by atoms with Crippen molar-refractivity contribution in [3.63, 3.8) is 0 Å². The highest BCUT2D eigenvalue weighted by atomic mass is 32.2. The van der Waals surface area contributed by atoms with Crippen molar-refractivity contribution in [2.45, 2.75) is 31.5 Å². The number of allylic oxidation sites excluding steroid dienone is 1. The van der Waals surface area contributed by atoms with Crippen LogP contribution >= 0.6 is 0 Å². The Labute approximate surface area is 130 Å². The van der Waals surface area contributed by atoms with E-state index in [4.69, 9.17) is 0 Å². The predicted molar refractivity (Wildman–Crippen MR) is 75.3 cm³/mol. The molecule has 0 spiro atoms. The summed E-state index contributed by atoms with van der Waals surface area (Å²) in [5.74, 6) is -0.203. The zero-order chi connectivity index (χ0) is 16.8. The maximum absolute atomic E-state index is 12.6. The van der Waals surface area contributed by atoms with Crippen LogP contribution in [0.4, 0.5) is 13.2 Å². The van der Waals surface area contributed by atoms with Gasteiger partial charge in [0.15, 0.2) is 5.78 Å². The maximum atomic E-state index is 12.6. The minimum absolute atomic E-state index is 0.203. The van der Waals surface area contributed by atoms with Crippen LogP contribution in [0.15, 0.2) is 35.5 Å². The molecule has 1 heterocycles. The van der Waals surface area contributed by atoms with Crippen LogP contribution in [0.3, 0.4) is 0 Å². The zero-order valence-electron chi connectivity index (χ0n) is 11.8. The monoisotopic (exact) mass is 346 g/mol. The van der Waals surface area contributed by atoms with Gasteiger partial charge in [0.25, 0.3) is 10.2 Å². The quantitative estimate of drug-likeness (QED) is 0.818. The summed E-state index contributed by atoms with van der Waals surface area (Å²) in [5, 5.41) is 0. The van der Waals surface area contributed by atoms with Crippen molar-refractivity contribution in [3.05, 3.63) is 46.7 Å². The lowest BCUT2D eigenvalue weighted by Gasteiger charge is -2.32. The molecule has 0 saturated carbocycles. The van der Waals surface area contributed by atoms with Crippen LogP contribution < -0.4 is 9.44 Å². The molecule has 1 atom stereocenters. The normalized spacial score (nSPS) is 24.1. The molecule has 2 aliphatic rings. The van der Waals surface area contributed by atoms with Crippen LogP contribution in [-0.2, 0) is 21.2 Å². The molecule has 0 amide bonds. The van der Waals surface area contributed by atoms with E-state index in [9.17, 15) is 26.4 Å². The maximum Gasteiger partial charge on any atom is 0.416 e.